The van der Waals surface area contributed by atoms with Crippen LogP contribution >= 0.6 is 0 Å². The first kappa shape index (κ1) is 11.7. The number of carbonyl (C=O) groups is 1. The van der Waals surface area contributed by atoms with Crippen LogP contribution in [0.1, 0.15) is 19.4 Å². The van der Waals surface area contributed by atoms with Crippen molar-refractivity contribution in [2.75, 3.05) is 0 Å². The van der Waals surface area contributed by atoms with Gasteiger partial charge >= 0.3 is 5.97 Å². The minimum atomic E-state index is -1.07. The van der Waals surface area contributed by atoms with E-state index in [1.165, 1.54) is 0 Å². The molecule has 0 saturated carbocycles. The standard InChI is InChI=1S/C12H16O3/c1-9(2)15-12(14)11(13)8-10-6-4-3-5-7-10/h3-7,9,11,13H,8H2,1-2H3/t11-/m0/s1. The third-order valence-corrected chi connectivity index (χ3v) is 1.90. The van der Waals surface area contributed by atoms with E-state index in [1.54, 1.807) is 13.8 Å². The van der Waals surface area contributed by atoms with Crippen LogP contribution in [0.15, 0.2) is 30.3 Å². The lowest BCUT2D eigenvalue weighted by atomic mass is 10.1. The monoisotopic (exact) mass is 208 g/mol. The molecule has 0 aliphatic carbocycles. The molecule has 1 atom stereocenters. The Balaban J connectivity index is 2.49. The highest BCUT2D eigenvalue weighted by molar-refractivity contribution is 5.74. The van der Waals surface area contributed by atoms with Gasteiger partial charge in [0.05, 0.1) is 6.10 Å². The first-order valence-electron chi connectivity index (χ1n) is 5.02. The molecule has 3 heteroatoms. The summed E-state index contributed by atoms with van der Waals surface area (Å²) in [6.07, 6.45) is -0.968. The molecule has 0 aliphatic rings. The van der Waals surface area contributed by atoms with E-state index in [1.807, 2.05) is 30.3 Å². The van der Waals surface area contributed by atoms with E-state index in [0.29, 0.717) is 6.42 Å². The minimum Gasteiger partial charge on any atom is -0.461 e. The second kappa shape index (κ2) is 5.51. The molecular formula is C12H16O3. The van der Waals surface area contributed by atoms with Gasteiger partial charge in [-0.2, -0.15) is 0 Å². The Morgan fingerprint density at radius 2 is 1.93 bits per heavy atom. The van der Waals surface area contributed by atoms with Crippen molar-refractivity contribution in [3.8, 4) is 0 Å². The van der Waals surface area contributed by atoms with E-state index < -0.39 is 12.1 Å². The van der Waals surface area contributed by atoms with E-state index in [9.17, 15) is 9.90 Å². The number of rotatable bonds is 4. The Bertz CT molecular complexity index is 306. The smallest absolute Gasteiger partial charge is 0.335 e. The summed E-state index contributed by atoms with van der Waals surface area (Å²) in [5, 5.41) is 9.55. The highest BCUT2D eigenvalue weighted by Crippen LogP contribution is 2.05. The summed E-state index contributed by atoms with van der Waals surface area (Å²) in [5.41, 5.74) is 0.922. The predicted molar refractivity (Wildman–Crippen MR) is 57.4 cm³/mol. The van der Waals surface area contributed by atoms with Crippen molar-refractivity contribution in [2.45, 2.75) is 32.5 Å². The van der Waals surface area contributed by atoms with Crippen molar-refractivity contribution < 1.29 is 14.6 Å². The first-order chi connectivity index (χ1) is 7.09. The molecule has 1 aromatic rings. The van der Waals surface area contributed by atoms with Gasteiger partial charge in [-0.15, -0.1) is 0 Å². The fourth-order valence-corrected chi connectivity index (χ4v) is 1.23. The zero-order valence-electron chi connectivity index (χ0n) is 9.01. The van der Waals surface area contributed by atoms with E-state index in [2.05, 4.69) is 0 Å². The highest BCUT2D eigenvalue weighted by Gasteiger charge is 2.17. The molecule has 0 aromatic heterocycles. The number of hydrogen-bond donors (Lipinski definition) is 1. The van der Waals surface area contributed by atoms with Crippen LogP contribution in [0.25, 0.3) is 0 Å². The van der Waals surface area contributed by atoms with Gasteiger partial charge in [-0.25, -0.2) is 4.79 Å². The minimum absolute atomic E-state index is 0.192. The lowest BCUT2D eigenvalue weighted by Crippen LogP contribution is -2.27. The zero-order chi connectivity index (χ0) is 11.3. The van der Waals surface area contributed by atoms with Gasteiger partial charge in [-0.3, -0.25) is 0 Å². The second-order valence-electron chi connectivity index (χ2n) is 3.69. The van der Waals surface area contributed by atoms with E-state index >= 15 is 0 Å². The van der Waals surface area contributed by atoms with Gasteiger partial charge in [0.15, 0.2) is 6.10 Å². The zero-order valence-corrected chi connectivity index (χ0v) is 9.01. The molecule has 0 fully saturated rings. The molecule has 82 valence electrons. The summed E-state index contributed by atoms with van der Waals surface area (Å²) in [5.74, 6) is -0.561. The Labute approximate surface area is 89.7 Å². The van der Waals surface area contributed by atoms with E-state index in [0.717, 1.165) is 5.56 Å². The Morgan fingerprint density at radius 3 is 2.47 bits per heavy atom. The van der Waals surface area contributed by atoms with Gasteiger partial charge in [0.25, 0.3) is 0 Å². The first-order valence-corrected chi connectivity index (χ1v) is 5.02. The third kappa shape index (κ3) is 4.13. The Hall–Kier alpha value is -1.35. The number of ether oxygens (including phenoxy) is 1. The lowest BCUT2D eigenvalue weighted by molar-refractivity contribution is -0.157. The number of benzene rings is 1. The molecule has 0 saturated heterocycles. The van der Waals surface area contributed by atoms with Gasteiger partial charge in [-0.1, -0.05) is 30.3 Å². The summed E-state index contributed by atoms with van der Waals surface area (Å²) >= 11 is 0. The normalized spacial score (nSPS) is 12.5. The van der Waals surface area contributed by atoms with Crippen LogP contribution in [0.5, 0.6) is 0 Å². The van der Waals surface area contributed by atoms with Crippen molar-refractivity contribution in [3.63, 3.8) is 0 Å². The maximum absolute atomic E-state index is 11.3. The van der Waals surface area contributed by atoms with Gasteiger partial charge in [0.2, 0.25) is 0 Å². The molecule has 0 spiro atoms. The molecule has 15 heavy (non-hydrogen) atoms. The van der Waals surface area contributed by atoms with Crippen molar-refractivity contribution in [1.29, 1.82) is 0 Å². The molecular weight excluding hydrogens is 192 g/mol. The average molecular weight is 208 g/mol. The molecule has 0 bridgehead atoms. The Morgan fingerprint density at radius 1 is 1.33 bits per heavy atom. The fraction of sp³-hybridized carbons (Fsp3) is 0.417. The topological polar surface area (TPSA) is 46.5 Å². The van der Waals surface area contributed by atoms with Crippen LogP contribution in [-0.2, 0) is 16.0 Å². The summed E-state index contributed by atoms with van der Waals surface area (Å²) < 4.78 is 4.90. The largest absolute Gasteiger partial charge is 0.461 e. The number of hydrogen-bond acceptors (Lipinski definition) is 3. The van der Waals surface area contributed by atoms with Gasteiger partial charge in [0, 0.05) is 6.42 Å². The summed E-state index contributed by atoms with van der Waals surface area (Å²) in [4.78, 5) is 11.3. The maximum atomic E-state index is 11.3. The van der Waals surface area contributed by atoms with Crippen LogP contribution in [0.4, 0.5) is 0 Å². The molecule has 0 aliphatic heterocycles. The third-order valence-electron chi connectivity index (χ3n) is 1.90. The van der Waals surface area contributed by atoms with Gasteiger partial charge in [0.1, 0.15) is 0 Å². The molecule has 0 unspecified atom stereocenters. The summed E-state index contributed by atoms with van der Waals surface area (Å²) in [6, 6.07) is 9.37. The molecule has 1 rings (SSSR count). The van der Waals surface area contributed by atoms with Gasteiger partial charge < -0.3 is 9.84 Å². The molecule has 1 N–H and O–H groups in total. The quantitative estimate of drug-likeness (QED) is 0.763. The molecule has 1 aromatic carbocycles. The van der Waals surface area contributed by atoms with Crippen LogP contribution in [0, 0.1) is 0 Å². The number of aliphatic hydroxyl groups is 1. The van der Waals surface area contributed by atoms with Crippen molar-refractivity contribution in [2.24, 2.45) is 0 Å². The summed E-state index contributed by atoms with van der Waals surface area (Å²) in [7, 11) is 0. The van der Waals surface area contributed by atoms with Crippen LogP contribution < -0.4 is 0 Å². The van der Waals surface area contributed by atoms with Gasteiger partial charge in [-0.05, 0) is 19.4 Å². The lowest BCUT2D eigenvalue weighted by Gasteiger charge is -2.12. The molecule has 0 radical (unpaired) electrons. The van der Waals surface area contributed by atoms with Crippen LogP contribution in [0.3, 0.4) is 0 Å². The second-order valence-corrected chi connectivity index (χ2v) is 3.69. The number of carbonyl (C=O) groups excluding carboxylic acids is 1. The Kier molecular flexibility index (Phi) is 4.31. The van der Waals surface area contributed by atoms with E-state index in [-0.39, 0.29) is 6.10 Å². The predicted octanol–water partition coefficient (Wildman–Crippen LogP) is 1.54. The number of aliphatic hydroxyl groups excluding tert-OH is 1. The van der Waals surface area contributed by atoms with Crippen molar-refractivity contribution in [1.82, 2.24) is 0 Å². The SMILES string of the molecule is CC(C)OC(=O)[C@@H](O)Cc1ccccc1. The summed E-state index contributed by atoms with van der Waals surface area (Å²) in [6.45, 7) is 3.51. The molecule has 0 amide bonds. The van der Waals surface area contributed by atoms with Crippen molar-refractivity contribution in [3.05, 3.63) is 35.9 Å². The molecule has 0 heterocycles. The average Bonchev–Trinajstić information content (AvgIpc) is 2.18. The fourth-order valence-electron chi connectivity index (χ4n) is 1.23. The van der Waals surface area contributed by atoms with Crippen molar-refractivity contribution >= 4 is 5.97 Å². The van der Waals surface area contributed by atoms with Crippen LogP contribution in [-0.4, -0.2) is 23.3 Å². The van der Waals surface area contributed by atoms with Crippen LogP contribution in [0.2, 0.25) is 0 Å². The number of esters is 1. The molecule has 3 nitrogen and oxygen atoms in total. The maximum Gasteiger partial charge on any atom is 0.335 e. The highest BCUT2D eigenvalue weighted by atomic mass is 16.6. The van der Waals surface area contributed by atoms with E-state index in [4.69, 9.17) is 4.74 Å².